The zero-order chi connectivity index (χ0) is 17.7. The van der Waals surface area contributed by atoms with E-state index in [1.54, 1.807) is 37.2 Å². The summed E-state index contributed by atoms with van der Waals surface area (Å²) in [6.07, 6.45) is 3.42. The van der Waals surface area contributed by atoms with Gasteiger partial charge in [-0.25, -0.2) is 0 Å². The van der Waals surface area contributed by atoms with Gasteiger partial charge < -0.3 is 19.2 Å². The van der Waals surface area contributed by atoms with Crippen molar-refractivity contribution in [3.63, 3.8) is 0 Å². The molecule has 0 unspecified atom stereocenters. The molecule has 1 saturated heterocycles. The monoisotopic (exact) mass is 331 g/mol. The van der Waals surface area contributed by atoms with E-state index >= 15 is 0 Å². The number of hydrogen-bond donors (Lipinski definition) is 1. The Morgan fingerprint density at radius 2 is 1.75 bits per heavy atom. The molecule has 0 atom stereocenters. The van der Waals surface area contributed by atoms with Gasteiger partial charge in [-0.15, -0.1) is 5.10 Å². The lowest BCUT2D eigenvalue weighted by molar-refractivity contribution is 0.00578. The third-order valence-corrected chi connectivity index (χ3v) is 4.60. The molecule has 0 amide bonds. The molecule has 1 aliphatic rings. The lowest BCUT2D eigenvalue weighted by Gasteiger charge is -2.32. The van der Waals surface area contributed by atoms with Crippen LogP contribution in [0.4, 0.5) is 11.5 Å². The van der Waals surface area contributed by atoms with E-state index in [2.05, 4.69) is 15.6 Å². The lowest BCUT2D eigenvalue weighted by Crippen LogP contribution is -2.41. The van der Waals surface area contributed by atoms with Gasteiger partial charge in [-0.3, -0.25) is 9.48 Å². The molecule has 0 aromatic carbocycles. The molecule has 1 aliphatic heterocycles. The lowest BCUT2D eigenvalue weighted by atomic mass is 9.80. The van der Waals surface area contributed by atoms with Crippen molar-refractivity contribution in [3.8, 4) is 0 Å². The molecule has 0 saturated carbocycles. The molecule has 0 radical (unpaired) electrons. The molecular weight excluding hydrogens is 309 g/mol. The second kappa shape index (κ2) is 5.46. The molecule has 2 aromatic heterocycles. The summed E-state index contributed by atoms with van der Waals surface area (Å²) in [5, 5.41) is 10.8. The van der Waals surface area contributed by atoms with Crippen molar-refractivity contribution in [3.05, 3.63) is 28.8 Å². The van der Waals surface area contributed by atoms with Gasteiger partial charge in [0.2, 0.25) is 0 Å². The molecule has 3 heterocycles. The number of nitrogens with zero attached hydrogens (tertiary/aromatic N) is 4. The summed E-state index contributed by atoms with van der Waals surface area (Å²) in [5.41, 5.74) is 0.115. The molecule has 0 bridgehead atoms. The van der Waals surface area contributed by atoms with Gasteiger partial charge in [-0.05, 0) is 33.8 Å². The molecule has 2 aromatic rings. The first-order valence-electron chi connectivity index (χ1n) is 7.79. The van der Waals surface area contributed by atoms with E-state index in [-0.39, 0.29) is 5.56 Å². The highest BCUT2D eigenvalue weighted by atomic mass is 16.7. The summed E-state index contributed by atoms with van der Waals surface area (Å²) in [4.78, 5) is 12.4. The van der Waals surface area contributed by atoms with Crippen LogP contribution in [0.25, 0.3) is 0 Å². The second-order valence-electron chi connectivity index (χ2n) is 7.09. The summed E-state index contributed by atoms with van der Waals surface area (Å²) in [5.74, 6) is 0.501. The minimum atomic E-state index is -0.538. The van der Waals surface area contributed by atoms with Crippen molar-refractivity contribution in [2.45, 2.75) is 38.9 Å². The maximum Gasteiger partial charge on any atom is 0.496 e. The minimum absolute atomic E-state index is 0.166. The second-order valence-corrected chi connectivity index (χ2v) is 7.09. The van der Waals surface area contributed by atoms with Crippen LogP contribution in [-0.2, 0) is 23.4 Å². The van der Waals surface area contributed by atoms with Gasteiger partial charge in [0.05, 0.1) is 17.4 Å². The number of rotatable bonds is 3. The van der Waals surface area contributed by atoms with Crippen LogP contribution in [0.5, 0.6) is 0 Å². The summed E-state index contributed by atoms with van der Waals surface area (Å²) in [6, 6.07) is 1.74. The number of anilines is 2. The highest BCUT2D eigenvalue weighted by molar-refractivity contribution is 6.62. The smallest absolute Gasteiger partial charge is 0.399 e. The van der Waals surface area contributed by atoms with Gasteiger partial charge in [0.25, 0.3) is 5.56 Å². The number of nitrogens with one attached hydrogen (secondary N) is 1. The number of aryl methyl sites for hydroxylation is 2. The van der Waals surface area contributed by atoms with E-state index in [0.29, 0.717) is 11.5 Å². The van der Waals surface area contributed by atoms with Crippen LogP contribution in [0.15, 0.2) is 23.3 Å². The fraction of sp³-hybridized carbons (Fsp3) is 0.533. The maximum atomic E-state index is 12.4. The highest BCUT2D eigenvalue weighted by Gasteiger charge is 2.51. The topological polar surface area (TPSA) is 83.2 Å². The van der Waals surface area contributed by atoms with Crippen molar-refractivity contribution in [2.24, 2.45) is 14.1 Å². The predicted molar refractivity (Wildman–Crippen MR) is 91.7 cm³/mol. The molecule has 1 fully saturated rings. The van der Waals surface area contributed by atoms with Crippen LogP contribution >= 0.6 is 0 Å². The van der Waals surface area contributed by atoms with Gasteiger partial charge in [-0.1, -0.05) is 5.21 Å². The summed E-state index contributed by atoms with van der Waals surface area (Å²) in [6.45, 7) is 7.97. The summed E-state index contributed by atoms with van der Waals surface area (Å²) < 4.78 is 15.2. The Morgan fingerprint density at radius 1 is 1.12 bits per heavy atom. The van der Waals surface area contributed by atoms with Crippen molar-refractivity contribution in [1.29, 1.82) is 0 Å². The number of aromatic nitrogens is 4. The quantitative estimate of drug-likeness (QED) is 0.828. The first-order chi connectivity index (χ1) is 11.1. The van der Waals surface area contributed by atoms with E-state index in [4.69, 9.17) is 9.31 Å². The Balaban J connectivity index is 1.95. The van der Waals surface area contributed by atoms with Crippen molar-refractivity contribution in [1.82, 2.24) is 19.6 Å². The largest absolute Gasteiger partial charge is 0.496 e. The average Bonchev–Trinajstić information content (AvgIpc) is 2.96. The molecule has 128 valence electrons. The third kappa shape index (κ3) is 2.85. The summed E-state index contributed by atoms with van der Waals surface area (Å²) >= 11 is 0. The Kier molecular flexibility index (Phi) is 3.80. The number of hydrogen-bond acceptors (Lipinski definition) is 6. The van der Waals surface area contributed by atoms with Crippen molar-refractivity contribution >= 4 is 24.1 Å². The first kappa shape index (κ1) is 16.7. The van der Waals surface area contributed by atoms with Crippen molar-refractivity contribution in [2.75, 3.05) is 5.32 Å². The zero-order valence-electron chi connectivity index (χ0n) is 14.8. The first-order valence-corrected chi connectivity index (χ1v) is 7.79. The van der Waals surface area contributed by atoms with E-state index < -0.39 is 18.3 Å². The fourth-order valence-corrected chi connectivity index (χ4v) is 2.48. The van der Waals surface area contributed by atoms with Gasteiger partial charge in [0, 0.05) is 25.8 Å². The molecule has 9 heteroatoms. The van der Waals surface area contributed by atoms with Gasteiger partial charge in [0.15, 0.2) is 5.82 Å². The minimum Gasteiger partial charge on any atom is -0.399 e. The van der Waals surface area contributed by atoms with Crippen molar-refractivity contribution < 1.29 is 9.31 Å². The summed E-state index contributed by atoms with van der Waals surface area (Å²) in [7, 11) is 2.92. The molecule has 0 aliphatic carbocycles. The Hall–Kier alpha value is -2.13. The Morgan fingerprint density at radius 3 is 2.29 bits per heavy atom. The third-order valence-electron chi connectivity index (χ3n) is 4.60. The average molecular weight is 331 g/mol. The SMILES string of the molecule is Cn1cc(Nc2cc(B3OC(C)(C)C(C)(C)O3)cn(C)c2=O)nn1. The predicted octanol–water partition coefficient (Wildman–Crippen LogP) is 0.557. The van der Waals surface area contributed by atoms with Gasteiger partial charge in [0.1, 0.15) is 5.69 Å². The molecule has 0 spiro atoms. The van der Waals surface area contributed by atoms with Crippen LogP contribution in [-0.4, -0.2) is 37.9 Å². The standard InChI is InChI=1S/C15H22BN5O3/c1-14(2)15(3,4)24-16(23-14)10-7-11(13(22)20(5)8-10)17-12-9-21(6)19-18-12/h7-9,17H,1-6H3. The fourth-order valence-electron chi connectivity index (χ4n) is 2.48. The van der Waals surface area contributed by atoms with Crippen LogP contribution < -0.4 is 16.3 Å². The molecule has 24 heavy (non-hydrogen) atoms. The molecule has 1 N–H and O–H groups in total. The molecule has 3 rings (SSSR count). The van der Waals surface area contributed by atoms with Crippen LogP contribution in [0.1, 0.15) is 27.7 Å². The normalized spacial score (nSPS) is 18.8. The van der Waals surface area contributed by atoms with E-state index in [1.165, 1.54) is 4.57 Å². The Bertz CT molecular complexity index is 811. The van der Waals surface area contributed by atoms with Crippen LogP contribution in [0, 0.1) is 0 Å². The highest BCUT2D eigenvalue weighted by Crippen LogP contribution is 2.36. The maximum absolute atomic E-state index is 12.4. The van der Waals surface area contributed by atoms with Crippen LogP contribution in [0.3, 0.4) is 0 Å². The van der Waals surface area contributed by atoms with E-state index in [0.717, 1.165) is 5.46 Å². The van der Waals surface area contributed by atoms with Gasteiger partial charge >= 0.3 is 7.12 Å². The zero-order valence-corrected chi connectivity index (χ0v) is 14.8. The Labute approximate surface area is 140 Å². The van der Waals surface area contributed by atoms with Gasteiger partial charge in [-0.2, -0.15) is 0 Å². The van der Waals surface area contributed by atoms with Crippen LogP contribution in [0.2, 0.25) is 0 Å². The number of pyridine rings is 1. The van der Waals surface area contributed by atoms with E-state index in [1.807, 2.05) is 27.7 Å². The molecule has 8 nitrogen and oxygen atoms in total. The van der Waals surface area contributed by atoms with E-state index in [9.17, 15) is 4.79 Å². The molecular formula is C15H22BN5O3.